The first-order chi connectivity index (χ1) is 5.77. The van der Waals surface area contributed by atoms with Crippen LogP contribution < -0.4 is 0 Å². The maximum atomic E-state index is 11.1. The van der Waals surface area contributed by atoms with E-state index in [1.54, 1.807) is 0 Å². The summed E-state index contributed by atoms with van der Waals surface area (Å²) >= 11 is 0. The van der Waals surface area contributed by atoms with Gasteiger partial charge in [0.15, 0.2) is 0 Å². The van der Waals surface area contributed by atoms with Gasteiger partial charge in [0.1, 0.15) is 6.29 Å². The second kappa shape index (κ2) is 4.24. The summed E-state index contributed by atoms with van der Waals surface area (Å²) in [7, 11) is 1.40. The zero-order valence-electron chi connectivity index (χ0n) is 7.29. The zero-order valence-corrected chi connectivity index (χ0v) is 7.29. The summed E-state index contributed by atoms with van der Waals surface area (Å²) in [6.07, 6.45) is 4.39. The van der Waals surface area contributed by atoms with Gasteiger partial charge in [-0.3, -0.25) is 4.79 Å². The molecule has 0 aromatic rings. The van der Waals surface area contributed by atoms with E-state index in [2.05, 4.69) is 4.74 Å². The molecule has 0 spiro atoms. The van der Waals surface area contributed by atoms with E-state index in [-0.39, 0.29) is 17.8 Å². The second-order valence-electron chi connectivity index (χ2n) is 3.28. The van der Waals surface area contributed by atoms with Crippen molar-refractivity contribution in [2.75, 3.05) is 7.11 Å². The summed E-state index contributed by atoms with van der Waals surface area (Å²) in [5.74, 6) is -0.136. The molecule has 0 bridgehead atoms. The summed E-state index contributed by atoms with van der Waals surface area (Å²) in [4.78, 5) is 21.6. The zero-order chi connectivity index (χ0) is 8.97. The lowest BCUT2D eigenvalue weighted by atomic mass is 9.82. The van der Waals surface area contributed by atoms with Crippen molar-refractivity contribution in [2.24, 2.45) is 11.8 Å². The molecule has 1 rings (SSSR count). The lowest BCUT2D eigenvalue weighted by molar-refractivity contribution is -0.147. The molecule has 0 amide bonds. The average Bonchev–Trinajstić information content (AvgIpc) is 2.17. The SMILES string of the molecule is COC(=O)[C@H]1CCC[C@@H](C=O)C1. The van der Waals surface area contributed by atoms with Crippen molar-refractivity contribution in [3.05, 3.63) is 0 Å². The Labute approximate surface area is 72.1 Å². The number of esters is 1. The normalized spacial score (nSPS) is 29.4. The van der Waals surface area contributed by atoms with Crippen molar-refractivity contribution in [2.45, 2.75) is 25.7 Å². The largest absolute Gasteiger partial charge is 0.469 e. The summed E-state index contributed by atoms with van der Waals surface area (Å²) < 4.78 is 4.63. The Bertz CT molecular complexity index is 177. The number of rotatable bonds is 2. The molecule has 0 radical (unpaired) electrons. The van der Waals surface area contributed by atoms with E-state index in [9.17, 15) is 9.59 Å². The van der Waals surface area contributed by atoms with Crippen LogP contribution in [0.3, 0.4) is 0 Å². The van der Waals surface area contributed by atoms with E-state index in [0.29, 0.717) is 6.42 Å². The molecule has 1 fully saturated rings. The molecular formula is C9H14O3. The quantitative estimate of drug-likeness (QED) is 0.461. The Morgan fingerprint density at radius 3 is 2.83 bits per heavy atom. The first-order valence-corrected chi connectivity index (χ1v) is 4.31. The molecule has 0 aliphatic heterocycles. The number of carbonyl (C=O) groups is 2. The second-order valence-corrected chi connectivity index (χ2v) is 3.28. The number of methoxy groups -OCH3 is 1. The van der Waals surface area contributed by atoms with Crippen molar-refractivity contribution in [3.63, 3.8) is 0 Å². The molecule has 1 saturated carbocycles. The van der Waals surface area contributed by atoms with Gasteiger partial charge in [-0.15, -0.1) is 0 Å². The fraction of sp³-hybridized carbons (Fsp3) is 0.778. The molecule has 68 valence electrons. The number of aldehydes is 1. The predicted molar refractivity (Wildman–Crippen MR) is 43.5 cm³/mol. The van der Waals surface area contributed by atoms with Crippen LogP contribution in [0.25, 0.3) is 0 Å². The monoisotopic (exact) mass is 170 g/mol. The van der Waals surface area contributed by atoms with Crippen LogP contribution in [-0.4, -0.2) is 19.4 Å². The summed E-state index contributed by atoms with van der Waals surface area (Å²) in [5.41, 5.74) is 0. The molecule has 1 aliphatic carbocycles. The van der Waals surface area contributed by atoms with Gasteiger partial charge in [0.25, 0.3) is 0 Å². The highest BCUT2D eigenvalue weighted by Crippen LogP contribution is 2.28. The van der Waals surface area contributed by atoms with Crippen LogP contribution in [0.5, 0.6) is 0 Å². The lowest BCUT2D eigenvalue weighted by Gasteiger charge is -2.23. The van der Waals surface area contributed by atoms with Gasteiger partial charge in [-0.05, 0) is 19.3 Å². The maximum Gasteiger partial charge on any atom is 0.308 e. The topological polar surface area (TPSA) is 43.4 Å². The highest BCUT2D eigenvalue weighted by molar-refractivity contribution is 5.73. The highest BCUT2D eigenvalue weighted by atomic mass is 16.5. The molecule has 3 nitrogen and oxygen atoms in total. The molecule has 0 aromatic heterocycles. The minimum absolute atomic E-state index is 0.0426. The molecule has 3 heteroatoms. The minimum atomic E-state index is -0.165. The van der Waals surface area contributed by atoms with Crippen LogP contribution in [0.1, 0.15) is 25.7 Å². The molecule has 0 unspecified atom stereocenters. The highest BCUT2D eigenvalue weighted by Gasteiger charge is 2.27. The number of carbonyl (C=O) groups excluding carboxylic acids is 2. The minimum Gasteiger partial charge on any atom is -0.469 e. The third-order valence-electron chi connectivity index (χ3n) is 2.44. The predicted octanol–water partition coefficient (Wildman–Crippen LogP) is 1.16. The van der Waals surface area contributed by atoms with Gasteiger partial charge in [-0.2, -0.15) is 0 Å². The summed E-state index contributed by atoms with van der Waals surface area (Å²) in [5, 5.41) is 0. The molecule has 1 aliphatic rings. The Balaban J connectivity index is 2.45. The van der Waals surface area contributed by atoms with Crippen LogP contribution in [0, 0.1) is 11.8 Å². The van der Waals surface area contributed by atoms with E-state index >= 15 is 0 Å². The van der Waals surface area contributed by atoms with Crippen LogP contribution >= 0.6 is 0 Å². The van der Waals surface area contributed by atoms with Gasteiger partial charge >= 0.3 is 5.97 Å². The molecule has 2 atom stereocenters. The van der Waals surface area contributed by atoms with Crippen LogP contribution in [0.2, 0.25) is 0 Å². The molecule has 0 N–H and O–H groups in total. The van der Waals surface area contributed by atoms with E-state index in [0.717, 1.165) is 25.5 Å². The molecule has 0 aromatic carbocycles. The van der Waals surface area contributed by atoms with Crippen LogP contribution in [-0.2, 0) is 14.3 Å². The van der Waals surface area contributed by atoms with Gasteiger partial charge in [-0.1, -0.05) is 6.42 Å². The third-order valence-corrected chi connectivity index (χ3v) is 2.44. The fourth-order valence-corrected chi connectivity index (χ4v) is 1.73. The summed E-state index contributed by atoms with van der Waals surface area (Å²) in [6, 6.07) is 0. The number of ether oxygens (including phenoxy) is 1. The van der Waals surface area contributed by atoms with Crippen molar-refractivity contribution in [1.82, 2.24) is 0 Å². The number of hydrogen-bond acceptors (Lipinski definition) is 3. The van der Waals surface area contributed by atoms with E-state index in [1.807, 2.05) is 0 Å². The molecular weight excluding hydrogens is 156 g/mol. The van der Waals surface area contributed by atoms with Gasteiger partial charge in [0.2, 0.25) is 0 Å². The smallest absolute Gasteiger partial charge is 0.308 e. The Morgan fingerprint density at radius 2 is 2.25 bits per heavy atom. The Hall–Kier alpha value is -0.860. The van der Waals surface area contributed by atoms with Crippen LogP contribution in [0.15, 0.2) is 0 Å². The van der Waals surface area contributed by atoms with Crippen molar-refractivity contribution in [1.29, 1.82) is 0 Å². The lowest BCUT2D eigenvalue weighted by Crippen LogP contribution is -2.24. The van der Waals surface area contributed by atoms with Gasteiger partial charge < -0.3 is 9.53 Å². The molecule has 0 heterocycles. The van der Waals surface area contributed by atoms with Crippen molar-refractivity contribution >= 4 is 12.3 Å². The third kappa shape index (κ3) is 2.06. The average molecular weight is 170 g/mol. The van der Waals surface area contributed by atoms with Gasteiger partial charge in [0, 0.05) is 5.92 Å². The van der Waals surface area contributed by atoms with Crippen molar-refractivity contribution in [3.8, 4) is 0 Å². The first-order valence-electron chi connectivity index (χ1n) is 4.31. The first kappa shape index (κ1) is 9.23. The maximum absolute atomic E-state index is 11.1. The van der Waals surface area contributed by atoms with Gasteiger partial charge in [0.05, 0.1) is 13.0 Å². The fourth-order valence-electron chi connectivity index (χ4n) is 1.73. The van der Waals surface area contributed by atoms with Crippen molar-refractivity contribution < 1.29 is 14.3 Å². The van der Waals surface area contributed by atoms with E-state index in [1.165, 1.54) is 7.11 Å². The van der Waals surface area contributed by atoms with E-state index in [4.69, 9.17) is 0 Å². The van der Waals surface area contributed by atoms with E-state index < -0.39 is 0 Å². The molecule has 12 heavy (non-hydrogen) atoms. The van der Waals surface area contributed by atoms with Crippen LogP contribution in [0.4, 0.5) is 0 Å². The molecule has 0 saturated heterocycles. The summed E-state index contributed by atoms with van der Waals surface area (Å²) in [6.45, 7) is 0. The standard InChI is InChI=1S/C9H14O3/c1-12-9(11)8-4-2-3-7(5-8)6-10/h6-8H,2-5H2,1H3/t7-,8+/m1/s1. The Kier molecular flexibility index (Phi) is 3.26. The number of hydrogen-bond donors (Lipinski definition) is 0. The van der Waals surface area contributed by atoms with Gasteiger partial charge in [-0.25, -0.2) is 0 Å². The Morgan fingerprint density at radius 1 is 1.50 bits per heavy atom.